The minimum atomic E-state index is -0.0595. The molecule has 0 spiro atoms. The summed E-state index contributed by atoms with van der Waals surface area (Å²) in [6.45, 7) is 2.76. The largest absolute Gasteiger partial charge is 0.378 e. The molecule has 1 atom stereocenters. The van der Waals surface area contributed by atoms with E-state index in [0.29, 0.717) is 17.1 Å². The summed E-state index contributed by atoms with van der Waals surface area (Å²) in [5, 5.41) is 3.73. The average molecular weight is 372 g/mol. The van der Waals surface area contributed by atoms with Crippen molar-refractivity contribution in [2.24, 2.45) is 0 Å². The Balaban J connectivity index is 1.72. The summed E-state index contributed by atoms with van der Waals surface area (Å²) in [7, 11) is 4.08. The second-order valence-electron chi connectivity index (χ2n) is 6.96. The molecule has 0 aliphatic carbocycles. The van der Waals surface area contributed by atoms with Crippen LogP contribution in [0.2, 0.25) is 5.02 Å². The van der Waals surface area contributed by atoms with Gasteiger partial charge in [0, 0.05) is 36.9 Å². The summed E-state index contributed by atoms with van der Waals surface area (Å²) in [4.78, 5) is 17.0. The summed E-state index contributed by atoms with van der Waals surface area (Å²) >= 11 is 5.90. The van der Waals surface area contributed by atoms with Gasteiger partial charge in [0.25, 0.3) is 5.91 Å². The fourth-order valence-corrected chi connectivity index (χ4v) is 3.52. The van der Waals surface area contributed by atoms with Gasteiger partial charge in [0.1, 0.15) is 0 Å². The minimum absolute atomic E-state index is 0.0595. The molecule has 26 heavy (non-hydrogen) atoms. The summed E-state index contributed by atoms with van der Waals surface area (Å²) in [5.74, 6) is -0.0595. The van der Waals surface area contributed by atoms with Crippen LogP contribution in [0.5, 0.6) is 0 Å². The fraction of sp³-hybridized carbons (Fsp3) is 0.381. The van der Waals surface area contributed by atoms with Crippen molar-refractivity contribution in [3.63, 3.8) is 0 Å². The lowest BCUT2D eigenvalue weighted by atomic mass is 10.0. The van der Waals surface area contributed by atoms with Gasteiger partial charge in [0.05, 0.1) is 6.04 Å². The van der Waals surface area contributed by atoms with Gasteiger partial charge in [-0.05, 0) is 67.9 Å². The van der Waals surface area contributed by atoms with Crippen molar-refractivity contribution in [1.29, 1.82) is 0 Å². The molecule has 1 heterocycles. The van der Waals surface area contributed by atoms with E-state index in [1.807, 2.05) is 14.1 Å². The van der Waals surface area contributed by atoms with Gasteiger partial charge in [-0.25, -0.2) is 0 Å². The van der Waals surface area contributed by atoms with Gasteiger partial charge in [-0.3, -0.25) is 9.69 Å². The zero-order valence-corrected chi connectivity index (χ0v) is 16.2. The normalized spacial score (nSPS) is 15.7. The molecule has 0 bridgehead atoms. The Morgan fingerprint density at radius 1 is 1.08 bits per heavy atom. The first-order valence-electron chi connectivity index (χ1n) is 9.10. The molecule has 0 unspecified atom stereocenters. The number of hydrogen-bond donors (Lipinski definition) is 1. The van der Waals surface area contributed by atoms with Crippen LogP contribution in [0.25, 0.3) is 0 Å². The van der Waals surface area contributed by atoms with E-state index in [1.165, 1.54) is 24.1 Å². The maximum atomic E-state index is 12.5. The van der Waals surface area contributed by atoms with Gasteiger partial charge in [-0.2, -0.15) is 0 Å². The van der Waals surface area contributed by atoms with E-state index in [0.717, 1.165) is 13.1 Å². The molecule has 1 aliphatic heterocycles. The molecule has 1 fully saturated rings. The molecule has 1 amide bonds. The molecule has 0 radical (unpaired) electrons. The number of nitrogens with zero attached hydrogens (tertiary/aromatic N) is 2. The zero-order valence-electron chi connectivity index (χ0n) is 15.4. The SMILES string of the molecule is CN(C)c1ccc([C@@H](CNC(=O)c2ccc(Cl)cc2)N2CCCC2)cc1. The van der Waals surface area contributed by atoms with Crippen LogP contribution in [0.1, 0.15) is 34.8 Å². The van der Waals surface area contributed by atoms with E-state index in [1.54, 1.807) is 24.3 Å². The van der Waals surface area contributed by atoms with Crippen LogP contribution in [-0.4, -0.2) is 44.5 Å². The first-order valence-corrected chi connectivity index (χ1v) is 9.47. The number of carbonyl (C=O) groups is 1. The van der Waals surface area contributed by atoms with E-state index < -0.39 is 0 Å². The van der Waals surface area contributed by atoms with Crippen LogP contribution >= 0.6 is 11.6 Å². The summed E-state index contributed by atoms with van der Waals surface area (Å²) < 4.78 is 0. The molecule has 1 N–H and O–H groups in total. The number of carbonyl (C=O) groups excluding carboxylic acids is 1. The van der Waals surface area contributed by atoms with Gasteiger partial charge in [-0.15, -0.1) is 0 Å². The van der Waals surface area contributed by atoms with Crippen LogP contribution in [0.15, 0.2) is 48.5 Å². The number of rotatable bonds is 6. The Hall–Kier alpha value is -2.04. The number of likely N-dealkylation sites (tertiary alicyclic amines) is 1. The Labute approximate surface area is 160 Å². The molecule has 0 aromatic heterocycles. The predicted molar refractivity (Wildman–Crippen MR) is 108 cm³/mol. The standard InChI is InChI=1S/C21H26ClN3O/c1-24(2)19-11-7-16(8-12-19)20(25-13-3-4-14-25)15-23-21(26)17-5-9-18(22)10-6-17/h5-12,20H,3-4,13-15H2,1-2H3,(H,23,26)/t20-/m1/s1. The Kier molecular flexibility index (Phi) is 6.17. The first-order chi connectivity index (χ1) is 12.5. The van der Waals surface area contributed by atoms with Crippen LogP contribution in [0.4, 0.5) is 5.69 Å². The van der Waals surface area contributed by atoms with Crippen molar-refractivity contribution in [2.45, 2.75) is 18.9 Å². The number of hydrogen-bond acceptors (Lipinski definition) is 3. The maximum Gasteiger partial charge on any atom is 0.251 e. The Morgan fingerprint density at radius 2 is 1.69 bits per heavy atom. The van der Waals surface area contributed by atoms with E-state index in [2.05, 4.69) is 39.4 Å². The summed E-state index contributed by atoms with van der Waals surface area (Å²) in [6.07, 6.45) is 2.44. The quantitative estimate of drug-likeness (QED) is 0.834. The van der Waals surface area contributed by atoms with Crippen molar-refractivity contribution < 1.29 is 4.79 Å². The number of anilines is 1. The number of amides is 1. The van der Waals surface area contributed by atoms with Crippen LogP contribution in [-0.2, 0) is 0 Å². The molecule has 5 heteroatoms. The number of halogens is 1. The van der Waals surface area contributed by atoms with Gasteiger partial charge in [0.2, 0.25) is 0 Å². The van der Waals surface area contributed by atoms with Crippen molar-refractivity contribution in [3.05, 3.63) is 64.7 Å². The van der Waals surface area contributed by atoms with E-state index in [-0.39, 0.29) is 11.9 Å². The third-order valence-corrected chi connectivity index (χ3v) is 5.19. The molecule has 138 valence electrons. The monoisotopic (exact) mass is 371 g/mol. The summed E-state index contributed by atoms with van der Waals surface area (Å²) in [6, 6.07) is 15.8. The zero-order chi connectivity index (χ0) is 18.5. The third kappa shape index (κ3) is 4.57. The van der Waals surface area contributed by atoms with Crippen molar-refractivity contribution >= 4 is 23.2 Å². The first kappa shape index (κ1) is 18.7. The lowest BCUT2D eigenvalue weighted by molar-refractivity contribution is 0.0938. The van der Waals surface area contributed by atoms with Crippen LogP contribution in [0, 0.1) is 0 Å². The highest BCUT2D eigenvalue weighted by atomic mass is 35.5. The minimum Gasteiger partial charge on any atom is -0.378 e. The van der Waals surface area contributed by atoms with Crippen molar-refractivity contribution in [3.8, 4) is 0 Å². The lowest BCUT2D eigenvalue weighted by Gasteiger charge is -2.28. The maximum absolute atomic E-state index is 12.5. The van der Waals surface area contributed by atoms with Crippen LogP contribution in [0.3, 0.4) is 0 Å². The molecule has 2 aromatic rings. The van der Waals surface area contributed by atoms with Gasteiger partial charge < -0.3 is 10.2 Å². The highest BCUT2D eigenvalue weighted by Gasteiger charge is 2.24. The molecule has 1 aliphatic rings. The Bertz CT molecular complexity index is 722. The molecule has 0 saturated carbocycles. The second kappa shape index (κ2) is 8.56. The molecule has 4 nitrogen and oxygen atoms in total. The molecular formula is C21H26ClN3O. The molecular weight excluding hydrogens is 346 g/mol. The van der Waals surface area contributed by atoms with Gasteiger partial charge in [-0.1, -0.05) is 23.7 Å². The van der Waals surface area contributed by atoms with Gasteiger partial charge >= 0.3 is 0 Å². The highest BCUT2D eigenvalue weighted by molar-refractivity contribution is 6.30. The smallest absolute Gasteiger partial charge is 0.251 e. The molecule has 2 aromatic carbocycles. The second-order valence-corrected chi connectivity index (χ2v) is 7.40. The highest BCUT2D eigenvalue weighted by Crippen LogP contribution is 2.26. The summed E-state index contributed by atoms with van der Waals surface area (Å²) in [5.41, 5.74) is 3.06. The Morgan fingerprint density at radius 3 is 2.27 bits per heavy atom. The van der Waals surface area contributed by atoms with Crippen molar-refractivity contribution in [1.82, 2.24) is 10.2 Å². The van der Waals surface area contributed by atoms with Gasteiger partial charge in [0.15, 0.2) is 0 Å². The number of nitrogens with one attached hydrogen (secondary N) is 1. The lowest BCUT2D eigenvalue weighted by Crippen LogP contribution is -2.36. The van der Waals surface area contributed by atoms with Crippen molar-refractivity contribution in [2.75, 3.05) is 38.6 Å². The predicted octanol–water partition coefficient (Wildman–Crippen LogP) is 3.97. The average Bonchev–Trinajstić information content (AvgIpc) is 3.17. The van der Waals surface area contributed by atoms with E-state index in [4.69, 9.17) is 11.6 Å². The van der Waals surface area contributed by atoms with E-state index in [9.17, 15) is 4.79 Å². The van der Waals surface area contributed by atoms with Crippen LogP contribution < -0.4 is 10.2 Å². The molecule has 3 rings (SSSR count). The molecule has 1 saturated heterocycles. The topological polar surface area (TPSA) is 35.6 Å². The third-order valence-electron chi connectivity index (χ3n) is 4.94. The van der Waals surface area contributed by atoms with E-state index >= 15 is 0 Å². The fourth-order valence-electron chi connectivity index (χ4n) is 3.40. The number of benzene rings is 2.